The lowest BCUT2D eigenvalue weighted by atomic mass is 10.2. The van der Waals surface area contributed by atoms with Gasteiger partial charge >= 0.3 is 5.97 Å². The Balaban J connectivity index is 3.20. The van der Waals surface area contributed by atoms with Gasteiger partial charge in [0, 0.05) is 6.07 Å². The second-order valence-corrected chi connectivity index (χ2v) is 2.18. The fraction of sp³-hybridized carbons (Fsp3) is 0.143. The number of carbonyl (C=O) groups is 1. The Morgan fingerprint density at radius 2 is 2.36 bits per heavy atom. The molecule has 0 atom stereocenters. The lowest BCUT2D eigenvalue weighted by Gasteiger charge is -1.92. The molecule has 0 aliphatic carbocycles. The van der Waals surface area contributed by atoms with Gasteiger partial charge in [0.15, 0.2) is 6.20 Å². The Morgan fingerprint density at radius 3 is 2.82 bits per heavy atom. The molecule has 0 saturated heterocycles. The zero-order chi connectivity index (χ0) is 8.43. The van der Waals surface area contributed by atoms with Crippen LogP contribution in [0.1, 0.15) is 10.4 Å². The van der Waals surface area contributed by atoms with Crippen LogP contribution < -0.4 is 4.57 Å². The number of aromatic carboxylic acids is 1. The van der Waals surface area contributed by atoms with Crippen LogP contribution in [0.25, 0.3) is 0 Å². The Morgan fingerprint density at radius 1 is 1.73 bits per heavy atom. The van der Waals surface area contributed by atoms with Gasteiger partial charge in [-0.2, -0.15) is 4.39 Å². The van der Waals surface area contributed by atoms with Crippen LogP contribution in [-0.4, -0.2) is 11.1 Å². The molecule has 0 spiro atoms. The molecule has 0 saturated carbocycles. The van der Waals surface area contributed by atoms with Crippen molar-refractivity contribution in [3.63, 3.8) is 0 Å². The summed E-state index contributed by atoms with van der Waals surface area (Å²) in [6.45, 7) is 0. The van der Waals surface area contributed by atoms with Crippen molar-refractivity contribution in [1.82, 2.24) is 0 Å². The van der Waals surface area contributed by atoms with E-state index in [1.54, 1.807) is 7.05 Å². The number of aryl methyl sites for hydroxylation is 1. The maximum absolute atomic E-state index is 12.7. The van der Waals surface area contributed by atoms with E-state index >= 15 is 0 Å². The first-order valence-electron chi connectivity index (χ1n) is 2.99. The molecule has 0 aliphatic rings. The lowest BCUT2D eigenvalue weighted by molar-refractivity contribution is -0.673. The molecule has 1 aromatic heterocycles. The Labute approximate surface area is 62.7 Å². The SMILES string of the molecule is C[n+]1ccc(C(=O)O)c(F)c1. The van der Waals surface area contributed by atoms with Gasteiger partial charge in [-0.3, -0.25) is 0 Å². The highest BCUT2D eigenvalue weighted by Crippen LogP contribution is 2.01. The maximum Gasteiger partial charge on any atom is 0.339 e. The first-order valence-corrected chi connectivity index (χ1v) is 2.99. The molecule has 58 valence electrons. The number of hydrogen-bond acceptors (Lipinski definition) is 1. The van der Waals surface area contributed by atoms with Crippen LogP contribution in [0.5, 0.6) is 0 Å². The molecule has 3 nitrogen and oxygen atoms in total. The molecule has 0 aliphatic heterocycles. The number of carboxylic acid groups (broad SMARTS) is 1. The van der Waals surface area contributed by atoms with Crippen molar-refractivity contribution in [2.45, 2.75) is 0 Å². The molecule has 0 bridgehead atoms. The Kier molecular flexibility index (Phi) is 1.85. The van der Waals surface area contributed by atoms with Crippen molar-refractivity contribution < 1.29 is 18.9 Å². The topological polar surface area (TPSA) is 41.2 Å². The summed E-state index contributed by atoms with van der Waals surface area (Å²) in [4.78, 5) is 10.3. The summed E-state index contributed by atoms with van der Waals surface area (Å²) in [6.07, 6.45) is 2.59. The minimum atomic E-state index is -1.25. The monoisotopic (exact) mass is 156 g/mol. The first-order chi connectivity index (χ1) is 5.11. The van der Waals surface area contributed by atoms with Gasteiger partial charge in [0.1, 0.15) is 12.6 Å². The molecule has 0 fully saturated rings. The molecule has 0 amide bonds. The number of carboxylic acids is 1. The third-order valence-corrected chi connectivity index (χ3v) is 1.28. The molecular weight excluding hydrogens is 149 g/mol. The summed E-state index contributed by atoms with van der Waals surface area (Å²) in [5, 5.41) is 8.41. The van der Waals surface area contributed by atoms with Gasteiger partial charge in [-0.1, -0.05) is 0 Å². The van der Waals surface area contributed by atoms with E-state index in [9.17, 15) is 9.18 Å². The minimum absolute atomic E-state index is 0.303. The second kappa shape index (κ2) is 2.65. The van der Waals surface area contributed by atoms with Gasteiger partial charge in [-0.25, -0.2) is 9.36 Å². The van der Waals surface area contributed by atoms with Crippen molar-refractivity contribution in [3.05, 3.63) is 29.8 Å². The van der Waals surface area contributed by atoms with Crippen molar-refractivity contribution >= 4 is 5.97 Å². The fourth-order valence-electron chi connectivity index (χ4n) is 0.737. The van der Waals surface area contributed by atoms with Crippen molar-refractivity contribution in [2.75, 3.05) is 0 Å². The molecule has 0 unspecified atom stereocenters. The third-order valence-electron chi connectivity index (χ3n) is 1.28. The van der Waals surface area contributed by atoms with Gasteiger partial charge < -0.3 is 5.11 Å². The summed E-state index contributed by atoms with van der Waals surface area (Å²) < 4.78 is 14.1. The highest BCUT2D eigenvalue weighted by Gasteiger charge is 2.12. The number of rotatable bonds is 1. The van der Waals surface area contributed by atoms with E-state index in [1.807, 2.05) is 0 Å². The predicted molar refractivity (Wildman–Crippen MR) is 34.5 cm³/mol. The molecule has 1 aromatic rings. The van der Waals surface area contributed by atoms with E-state index < -0.39 is 11.8 Å². The summed E-state index contributed by atoms with van der Waals surface area (Å²) in [7, 11) is 1.62. The van der Waals surface area contributed by atoms with E-state index in [0.29, 0.717) is 0 Å². The van der Waals surface area contributed by atoms with Crippen molar-refractivity contribution in [2.24, 2.45) is 7.05 Å². The van der Waals surface area contributed by atoms with Crippen LogP contribution >= 0.6 is 0 Å². The molecule has 4 heteroatoms. The van der Waals surface area contributed by atoms with Crippen LogP contribution in [0.15, 0.2) is 18.5 Å². The van der Waals surface area contributed by atoms with E-state index in [-0.39, 0.29) is 5.56 Å². The maximum atomic E-state index is 12.7. The Bertz CT molecular complexity index is 298. The molecule has 0 aromatic carbocycles. The highest BCUT2D eigenvalue weighted by molar-refractivity contribution is 5.87. The zero-order valence-electron chi connectivity index (χ0n) is 5.91. The summed E-state index contributed by atoms with van der Waals surface area (Å²) in [6, 6.07) is 1.22. The number of nitrogens with zero attached hydrogens (tertiary/aromatic N) is 1. The van der Waals surface area contributed by atoms with Gasteiger partial charge in [0.2, 0.25) is 12.0 Å². The highest BCUT2D eigenvalue weighted by atomic mass is 19.1. The number of aromatic nitrogens is 1. The fourth-order valence-corrected chi connectivity index (χ4v) is 0.737. The van der Waals surface area contributed by atoms with Gasteiger partial charge in [0.25, 0.3) is 0 Å². The Hall–Kier alpha value is -1.45. The molecule has 1 rings (SSSR count). The standard InChI is InChI=1S/C7H6FNO2/c1-9-3-2-5(7(10)11)6(8)4-9/h2-4H,1H3/p+1. The van der Waals surface area contributed by atoms with Gasteiger partial charge in [-0.15, -0.1) is 0 Å². The average Bonchev–Trinajstić information content (AvgIpc) is 1.85. The molecule has 0 radical (unpaired) electrons. The summed E-state index contributed by atoms with van der Waals surface area (Å²) >= 11 is 0. The van der Waals surface area contributed by atoms with Crippen LogP contribution in [0.2, 0.25) is 0 Å². The molecular formula is C7H7FNO2+. The average molecular weight is 156 g/mol. The van der Waals surface area contributed by atoms with Crippen LogP contribution in [-0.2, 0) is 7.05 Å². The van der Waals surface area contributed by atoms with Gasteiger partial charge in [-0.05, 0) is 0 Å². The number of halogens is 1. The largest absolute Gasteiger partial charge is 0.478 e. The first kappa shape index (κ1) is 7.65. The van der Waals surface area contributed by atoms with E-state index in [4.69, 9.17) is 5.11 Å². The number of hydrogen-bond donors (Lipinski definition) is 1. The lowest BCUT2D eigenvalue weighted by Crippen LogP contribution is -2.28. The van der Waals surface area contributed by atoms with Crippen LogP contribution in [0.3, 0.4) is 0 Å². The predicted octanol–water partition coefficient (Wildman–Crippen LogP) is 0.348. The van der Waals surface area contributed by atoms with E-state index in [1.165, 1.54) is 16.8 Å². The number of pyridine rings is 1. The normalized spacial score (nSPS) is 9.64. The van der Waals surface area contributed by atoms with Crippen LogP contribution in [0, 0.1) is 5.82 Å². The molecule has 11 heavy (non-hydrogen) atoms. The minimum Gasteiger partial charge on any atom is -0.478 e. The van der Waals surface area contributed by atoms with E-state index in [0.717, 1.165) is 6.20 Å². The van der Waals surface area contributed by atoms with E-state index in [2.05, 4.69) is 0 Å². The zero-order valence-corrected chi connectivity index (χ0v) is 5.91. The molecule has 1 heterocycles. The van der Waals surface area contributed by atoms with Gasteiger partial charge in [0.05, 0.1) is 0 Å². The second-order valence-electron chi connectivity index (χ2n) is 2.18. The quantitative estimate of drug-likeness (QED) is 0.596. The smallest absolute Gasteiger partial charge is 0.339 e. The van der Waals surface area contributed by atoms with Crippen molar-refractivity contribution in [3.8, 4) is 0 Å². The summed E-state index contributed by atoms with van der Waals surface area (Å²) in [5.41, 5.74) is -0.303. The van der Waals surface area contributed by atoms with Crippen LogP contribution in [0.4, 0.5) is 4.39 Å². The van der Waals surface area contributed by atoms with Crippen molar-refractivity contribution in [1.29, 1.82) is 0 Å². The third kappa shape index (κ3) is 1.52. The summed E-state index contributed by atoms with van der Waals surface area (Å²) in [5.74, 6) is -1.97. The molecule has 1 N–H and O–H groups in total.